The van der Waals surface area contributed by atoms with Gasteiger partial charge in [-0.2, -0.15) is 0 Å². The summed E-state index contributed by atoms with van der Waals surface area (Å²) >= 11 is 0. The van der Waals surface area contributed by atoms with Gasteiger partial charge in [-0.3, -0.25) is 19.7 Å². The van der Waals surface area contributed by atoms with Crippen LogP contribution in [-0.2, 0) is 30.6 Å². The fraction of sp³-hybridized carbons (Fsp3) is 0.222. The van der Waals surface area contributed by atoms with Crippen LogP contribution in [0.3, 0.4) is 0 Å². The summed E-state index contributed by atoms with van der Waals surface area (Å²) < 4.78 is 25.4. The van der Waals surface area contributed by atoms with Crippen molar-refractivity contribution in [2.24, 2.45) is 0 Å². The van der Waals surface area contributed by atoms with E-state index in [0.29, 0.717) is 29.7 Å². The molecule has 1 aliphatic heterocycles. The van der Waals surface area contributed by atoms with Crippen LogP contribution in [0.5, 0.6) is 0 Å². The molecule has 3 aromatic carbocycles. The predicted octanol–water partition coefficient (Wildman–Crippen LogP) is 4.00. The third-order valence-electron chi connectivity index (χ3n) is 6.41. The Bertz CT molecular complexity index is 1370. The van der Waals surface area contributed by atoms with Crippen molar-refractivity contribution in [2.75, 3.05) is 5.32 Å². The van der Waals surface area contributed by atoms with Crippen molar-refractivity contribution < 1.29 is 22.8 Å². The molecule has 2 N–H and O–H groups in total. The Labute approximate surface area is 204 Å². The fourth-order valence-corrected chi connectivity index (χ4v) is 5.73. The molecule has 1 fully saturated rings. The quantitative estimate of drug-likeness (QED) is 0.487. The van der Waals surface area contributed by atoms with E-state index < -0.39 is 15.3 Å². The Morgan fingerprint density at radius 1 is 0.971 bits per heavy atom. The standard InChI is InChI=1S/C27H26N2O5S/c1-2-27(16-15-24(30)29-26(27)32)21-11-13-22(14-12-21)28-25(31)20-8-6-7-19(17-20)18-35(33,34)23-9-4-3-5-10-23/h3-14,17H,2,15-16,18H2,1H3,(H,28,31)(H,29,30,32). The van der Waals surface area contributed by atoms with E-state index >= 15 is 0 Å². The highest BCUT2D eigenvalue weighted by Crippen LogP contribution is 2.36. The van der Waals surface area contributed by atoms with Crippen LogP contribution in [0, 0.1) is 0 Å². The van der Waals surface area contributed by atoms with Crippen molar-refractivity contribution in [3.63, 3.8) is 0 Å². The van der Waals surface area contributed by atoms with E-state index in [1.807, 2.05) is 6.92 Å². The minimum Gasteiger partial charge on any atom is -0.322 e. The third kappa shape index (κ3) is 5.17. The first-order valence-corrected chi connectivity index (χ1v) is 13.0. The van der Waals surface area contributed by atoms with Crippen molar-refractivity contribution >= 4 is 33.2 Å². The summed E-state index contributed by atoms with van der Waals surface area (Å²) in [5.41, 5.74) is 1.41. The molecule has 0 bridgehead atoms. The average Bonchev–Trinajstić information content (AvgIpc) is 2.85. The molecule has 0 spiro atoms. The maximum absolute atomic E-state index is 12.8. The highest BCUT2D eigenvalue weighted by atomic mass is 32.2. The van der Waals surface area contributed by atoms with Gasteiger partial charge in [-0.15, -0.1) is 0 Å². The molecular weight excluding hydrogens is 464 g/mol. The number of imide groups is 1. The summed E-state index contributed by atoms with van der Waals surface area (Å²) in [5.74, 6) is -1.14. The number of amides is 3. The first-order chi connectivity index (χ1) is 16.7. The Balaban J connectivity index is 1.48. The number of carbonyl (C=O) groups excluding carboxylic acids is 3. The number of piperidine rings is 1. The zero-order chi connectivity index (χ0) is 25.1. The van der Waals surface area contributed by atoms with Crippen molar-refractivity contribution in [1.82, 2.24) is 5.32 Å². The number of benzene rings is 3. The third-order valence-corrected chi connectivity index (χ3v) is 8.12. The molecule has 1 aliphatic rings. The molecule has 3 amide bonds. The molecule has 4 rings (SSSR count). The first kappa shape index (κ1) is 24.3. The van der Waals surface area contributed by atoms with Crippen molar-refractivity contribution in [2.45, 2.75) is 42.2 Å². The molecule has 1 unspecified atom stereocenters. The molecule has 1 saturated heterocycles. The lowest BCUT2D eigenvalue weighted by atomic mass is 9.72. The van der Waals surface area contributed by atoms with Crippen LogP contribution in [-0.4, -0.2) is 26.1 Å². The van der Waals surface area contributed by atoms with Gasteiger partial charge in [-0.1, -0.05) is 49.4 Å². The molecule has 35 heavy (non-hydrogen) atoms. The SMILES string of the molecule is CCC1(c2ccc(NC(=O)c3cccc(CS(=O)(=O)c4ccccc4)c3)cc2)CCC(=O)NC1=O. The summed E-state index contributed by atoms with van der Waals surface area (Å²) in [5, 5.41) is 5.25. The van der Waals surface area contributed by atoms with E-state index in [2.05, 4.69) is 10.6 Å². The molecule has 0 saturated carbocycles. The Morgan fingerprint density at radius 3 is 2.34 bits per heavy atom. The fourth-order valence-electron chi connectivity index (χ4n) is 4.37. The molecule has 7 nitrogen and oxygen atoms in total. The molecule has 8 heteroatoms. The van der Waals surface area contributed by atoms with E-state index in [1.165, 1.54) is 0 Å². The maximum atomic E-state index is 12.8. The number of anilines is 1. The van der Waals surface area contributed by atoms with Gasteiger partial charge < -0.3 is 5.32 Å². The second-order valence-electron chi connectivity index (χ2n) is 8.62. The lowest BCUT2D eigenvalue weighted by Gasteiger charge is -2.35. The van der Waals surface area contributed by atoms with Crippen LogP contribution >= 0.6 is 0 Å². The van der Waals surface area contributed by atoms with Crippen molar-refractivity contribution in [3.8, 4) is 0 Å². The van der Waals surface area contributed by atoms with E-state index in [9.17, 15) is 22.8 Å². The Morgan fingerprint density at radius 2 is 1.69 bits per heavy atom. The van der Waals surface area contributed by atoms with E-state index in [1.54, 1.807) is 78.9 Å². The summed E-state index contributed by atoms with van der Waals surface area (Å²) in [4.78, 5) is 37.2. The maximum Gasteiger partial charge on any atom is 0.255 e. The summed E-state index contributed by atoms with van der Waals surface area (Å²) in [7, 11) is -3.53. The second kappa shape index (κ2) is 9.84. The molecule has 180 valence electrons. The molecular formula is C27H26N2O5S. The monoisotopic (exact) mass is 490 g/mol. The smallest absolute Gasteiger partial charge is 0.255 e. The van der Waals surface area contributed by atoms with Gasteiger partial charge in [-0.05, 0) is 60.4 Å². The molecule has 0 radical (unpaired) electrons. The van der Waals surface area contributed by atoms with Gasteiger partial charge in [0.05, 0.1) is 16.1 Å². The van der Waals surface area contributed by atoms with Crippen LogP contribution in [0.15, 0.2) is 83.8 Å². The number of nitrogens with one attached hydrogen (secondary N) is 2. The zero-order valence-corrected chi connectivity index (χ0v) is 20.1. The summed E-state index contributed by atoms with van der Waals surface area (Å²) in [6.07, 6.45) is 1.28. The summed E-state index contributed by atoms with van der Waals surface area (Å²) in [6, 6.07) is 21.7. The Kier molecular flexibility index (Phi) is 6.84. The van der Waals surface area contributed by atoms with E-state index in [4.69, 9.17) is 0 Å². The van der Waals surface area contributed by atoms with Crippen LogP contribution in [0.1, 0.15) is 47.7 Å². The second-order valence-corrected chi connectivity index (χ2v) is 10.6. The zero-order valence-electron chi connectivity index (χ0n) is 19.3. The van der Waals surface area contributed by atoms with Gasteiger partial charge in [0.2, 0.25) is 11.8 Å². The van der Waals surface area contributed by atoms with Gasteiger partial charge in [0.15, 0.2) is 9.84 Å². The Hall–Kier alpha value is -3.78. The molecule has 3 aromatic rings. The lowest BCUT2D eigenvalue weighted by molar-refractivity contribution is -0.138. The van der Waals surface area contributed by atoms with Gasteiger partial charge in [0.1, 0.15) is 0 Å². The van der Waals surface area contributed by atoms with Crippen LogP contribution in [0.2, 0.25) is 0 Å². The lowest BCUT2D eigenvalue weighted by Crippen LogP contribution is -2.51. The molecule has 1 atom stereocenters. The summed E-state index contributed by atoms with van der Waals surface area (Å²) in [6.45, 7) is 1.91. The highest BCUT2D eigenvalue weighted by molar-refractivity contribution is 7.90. The number of hydrogen-bond acceptors (Lipinski definition) is 5. The number of hydrogen-bond donors (Lipinski definition) is 2. The molecule has 1 heterocycles. The van der Waals surface area contributed by atoms with E-state index in [0.717, 1.165) is 5.56 Å². The van der Waals surface area contributed by atoms with Crippen LogP contribution in [0.4, 0.5) is 5.69 Å². The highest BCUT2D eigenvalue weighted by Gasteiger charge is 2.42. The first-order valence-electron chi connectivity index (χ1n) is 11.4. The van der Waals surface area contributed by atoms with Crippen LogP contribution in [0.25, 0.3) is 0 Å². The van der Waals surface area contributed by atoms with Crippen molar-refractivity contribution in [3.05, 3.63) is 95.6 Å². The van der Waals surface area contributed by atoms with Crippen LogP contribution < -0.4 is 10.6 Å². The molecule has 0 aromatic heterocycles. The largest absolute Gasteiger partial charge is 0.322 e. The topological polar surface area (TPSA) is 109 Å². The van der Waals surface area contributed by atoms with Gasteiger partial charge in [0, 0.05) is 17.7 Å². The predicted molar refractivity (Wildman–Crippen MR) is 133 cm³/mol. The van der Waals surface area contributed by atoms with E-state index in [-0.39, 0.29) is 34.8 Å². The molecule has 0 aliphatic carbocycles. The van der Waals surface area contributed by atoms with Gasteiger partial charge >= 0.3 is 0 Å². The minimum atomic E-state index is -3.53. The van der Waals surface area contributed by atoms with Crippen molar-refractivity contribution in [1.29, 1.82) is 0 Å². The normalized spacial score (nSPS) is 18.1. The number of sulfone groups is 1. The number of rotatable bonds is 7. The average molecular weight is 491 g/mol. The minimum absolute atomic E-state index is 0.212. The van der Waals surface area contributed by atoms with Gasteiger partial charge in [0.25, 0.3) is 5.91 Å². The number of carbonyl (C=O) groups is 3. The van der Waals surface area contributed by atoms with Gasteiger partial charge in [-0.25, -0.2) is 8.42 Å².